The van der Waals surface area contributed by atoms with Crippen LogP contribution in [0.1, 0.15) is 51.2 Å². The molecule has 59 heavy (non-hydrogen) atoms. The number of phenolic OH excluding ortho intramolecular Hbond substituents is 1. The van der Waals surface area contributed by atoms with Gasteiger partial charge in [0.05, 0.1) is 18.9 Å². The summed E-state index contributed by atoms with van der Waals surface area (Å²) in [6, 6.07) is 4.15. The van der Waals surface area contributed by atoms with Gasteiger partial charge in [-0.3, -0.25) is 38.4 Å². The van der Waals surface area contributed by atoms with Crippen molar-refractivity contribution in [1.82, 2.24) is 31.9 Å². The van der Waals surface area contributed by atoms with Crippen LogP contribution in [0.4, 0.5) is 0 Å². The van der Waals surface area contributed by atoms with E-state index in [0.717, 1.165) is 0 Å². The molecule has 0 radical (unpaired) electrons. The largest absolute Gasteiger partial charge is 0.508 e. The molecule has 0 aliphatic carbocycles. The zero-order valence-corrected chi connectivity index (χ0v) is 33.6. The van der Waals surface area contributed by atoms with Gasteiger partial charge < -0.3 is 58.7 Å². The van der Waals surface area contributed by atoms with Crippen molar-refractivity contribution in [2.45, 2.75) is 95.2 Å². The number of carbonyl (C=O) groups excluding carboxylic acids is 7. The van der Waals surface area contributed by atoms with Crippen LogP contribution in [-0.4, -0.2) is 117 Å². The average molecular weight is 845 g/mol. The van der Waals surface area contributed by atoms with E-state index in [4.69, 9.17) is 16.6 Å². The average Bonchev–Trinajstić information content (AvgIpc) is 3.18. The molecule has 0 saturated heterocycles. The highest BCUT2D eigenvalue weighted by atomic mass is 32.1. The summed E-state index contributed by atoms with van der Waals surface area (Å²) >= 11 is 4.11. The minimum absolute atomic E-state index is 0.0662. The van der Waals surface area contributed by atoms with Crippen LogP contribution in [-0.2, 0) is 56.0 Å². The van der Waals surface area contributed by atoms with Gasteiger partial charge in [-0.25, -0.2) is 4.79 Å². The lowest BCUT2D eigenvalue weighted by molar-refractivity contribution is -0.142. The van der Waals surface area contributed by atoms with Crippen molar-refractivity contribution in [2.24, 2.45) is 17.4 Å². The Hall–Kier alpha value is -6.22. The number of primary amides is 1. The Bertz CT molecular complexity index is 1820. The number of hydrogen-bond acceptors (Lipinski definition) is 12. The number of aromatic hydroxyl groups is 1. The molecule has 0 bridgehead atoms. The first-order chi connectivity index (χ1) is 27.7. The van der Waals surface area contributed by atoms with Crippen LogP contribution in [0.3, 0.4) is 0 Å². The summed E-state index contributed by atoms with van der Waals surface area (Å²) in [5.41, 5.74) is 12.1. The van der Waals surface area contributed by atoms with Gasteiger partial charge >= 0.3 is 11.9 Å². The summed E-state index contributed by atoms with van der Waals surface area (Å²) in [5.74, 6) is -10.2. The van der Waals surface area contributed by atoms with E-state index in [1.165, 1.54) is 31.2 Å². The second-order valence-corrected chi connectivity index (χ2v) is 14.2. The minimum atomic E-state index is -1.68. The maximum atomic E-state index is 13.5. The van der Waals surface area contributed by atoms with Crippen molar-refractivity contribution in [3.05, 3.63) is 65.7 Å². The molecule has 2 rings (SSSR count). The highest BCUT2D eigenvalue weighted by Crippen LogP contribution is 2.13. The summed E-state index contributed by atoms with van der Waals surface area (Å²) in [6.07, 6.45) is -1.32. The predicted octanol–water partition coefficient (Wildman–Crippen LogP) is -2.16. The lowest BCUT2D eigenvalue weighted by Crippen LogP contribution is -2.61. The Kier molecular flexibility index (Phi) is 19.8. The molecule has 7 amide bonds. The van der Waals surface area contributed by atoms with Gasteiger partial charge in [-0.15, -0.1) is 0 Å². The molecule has 0 aliphatic rings. The minimum Gasteiger partial charge on any atom is -0.508 e. The number of carbonyl (C=O) groups is 9. The van der Waals surface area contributed by atoms with Gasteiger partial charge in [0.1, 0.15) is 42.0 Å². The third kappa shape index (κ3) is 16.7. The normalized spacial score (nSPS) is 14.9. The molecule has 2 aromatic carbocycles. The maximum Gasteiger partial charge on any atom is 0.326 e. The quantitative estimate of drug-likeness (QED) is 0.0502. The van der Waals surface area contributed by atoms with Crippen LogP contribution >= 0.6 is 12.6 Å². The highest BCUT2D eigenvalue weighted by molar-refractivity contribution is 7.80. The van der Waals surface area contributed by atoms with Crippen LogP contribution < -0.4 is 43.4 Å². The number of aliphatic carboxylic acids is 2. The fourth-order valence-corrected chi connectivity index (χ4v) is 5.71. The third-order valence-electron chi connectivity index (χ3n) is 9.04. The number of benzene rings is 2. The topological polar surface area (TPSA) is 339 Å². The van der Waals surface area contributed by atoms with Gasteiger partial charge in [0.25, 0.3) is 0 Å². The van der Waals surface area contributed by atoms with Gasteiger partial charge in [0, 0.05) is 18.6 Å². The number of thiol groups is 1. The number of nitrogens with one attached hydrogen (secondary N) is 6. The Morgan fingerprint density at radius 1 is 0.627 bits per heavy atom. The summed E-state index contributed by atoms with van der Waals surface area (Å²) in [5, 5.41) is 42.9. The zero-order valence-electron chi connectivity index (χ0n) is 32.7. The molecule has 2 aromatic rings. The lowest BCUT2D eigenvalue weighted by atomic mass is 9.97. The number of nitrogens with two attached hydrogens (primary N) is 2. The molecule has 20 nitrogen and oxygen atoms in total. The Morgan fingerprint density at radius 2 is 1.14 bits per heavy atom. The molecule has 13 N–H and O–H groups in total. The van der Waals surface area contributed by atoms with E-state index < -0.39 is 114 Å². The molecule has 8 atom stereocenters. The second kappa shape index (κ2) is 23.9. The van der Waals surface area contributed by atoms with Crippen molar-refractivity contribution in [2.75, 3.05) is 5.75 Å². The zero-order chi connectivity index (χ0) is 44.4. The van der Waals surface area contributed by atoms with E-state index in [9.17, 15) is 53.4 Å². The molecule has 0 aromatic heterocycles. The number of rotatable bonds is 24. The van der Waals surface area contributed by atoms with Gasteiger partial charge in [-0.05, 0) is 36.1 Å². The van der Waals surface area contributed by atoms with E-state index in [1.807, 2.05) is 0 Å². The first kappa shape index (κ1) is 48.9. The van der Waals surface area contributed by atoms with Gasteiger partial charge in [0.2, 0.25) is 41.4 Å². The summed E-state index contributed by atoms with van der Waals surface area (Å²) < 4.78 is 0. The number of carboxylic acids is 2. The Morgan fingerprint density at radius 3 is 1.68 bits per heavy atom. The first-order valence-electron chi connectivity index (χ1n) is 18.5. The lowest BCUT2D eigenvalue weighted by Gasteiger charge is -2.28. The molecule has 322 valence electrons. The molecular formula is C38H52N8O12S. The molecule has 21 heteroatoms. The Labute approximate surface area is 345 Å². The fourth-order valence-electron chi connectivity index (χ4n) is 5.46. The summed E-state index contributed by atoms with van der Waals surface area (Å²) in [6.45, 7) is 4.58. The first-order valence-corrected chi connectivity index (χ1v) is 19.1. The van der Waals surface area contributed by atoms with Crippen molar-refractivity contribution in [3.8, 4) is 5.75 Å². The molecular weight excluding hydrogens is 793 g/mol. The van der Waals surface area contributed by atoms with E-state index in [-0.39, 0.29) is 24.3 Å². The molecule has 0 saturated carbocycles. The third-order valence-corrected chi connectivity index (χ3v) is 9.40. The molecule has 0 spiro atoms. The second-order valence-electron chi connectivity index (χ2n) is 13.8. The van der Waals surface area contributed by atoms with Crippen LogP contribution in [0, 0.1) is 5.92 Å². The van der Waals surface area contributed by atoms with Gasteiger partial charge in [-0.1, -0.05) is 62.7 Å². The SMILES string of the molecule is CC[C@H](C)[C@H](NC(=O)[C@@H](N)CC(=O)O)C(=O)N[C@@H](CS)C(=O)N[C@@H](CC(N)=O)C(=O)N[C@@H](C)C(=O)N[C@@H](Cc1ccc(O)cc1)C(=O)N[C@@H](Cc1ccccc1)C(=O)O. The number of carboxylic acid groups (broad SMARTS) is 2. The standard InChI is InChI=1S/C38H52N8O12S/c1-4-19(2)31(46-33(52)24(39)16-30(49)50)37(56)45-28(18-59)36(55)43-26(17-29(40)48)34(53)41-20(3)32(51)42-25(14-22-10-12-23(47)13-11-22)35(54)44-27(38(57)58)15-21-8-6-5-7-9-21/h5-13,19-20,24-28,31,47,59H,4,14-18,39H2,1-3H3,(H2,40,48)(H,41,53)(H,42,51)(H,43,55)(H,44,54)(H,45,56)(H,46,52)(H,49,50)(H,57,58)/t19-,20-,24-,25-,26-,27-,28-,31-/m0/s1. The molecule has 0 unspecified atom stereocenters. The van der Waals surface area contributed by atoms with Crippen LogP contribution in [0.2, 0.25) is 0 Å². The summed E-state index contributed by atoms with van der Waals surface area (Å²) in [7, 11) is 0. The van der Waals surface area contributed by atoms with Gasteiger partial charge in [-0.2, -0.15) is 12.6 Å². The number of phenols is 1. The predicted molar refractivity (Wildman–Crippen MR) is 214 cm³/mol. The Balaban J connectivity index is 2.22. The molecule has 0 aliphatic heterocycles. The van der Waals surface area contributed by atoms with Crippen LogP contribution in [0.5, 0.6) is 5.75 Å². The smallest absolute Gasteiger partial charge is 0.326 e. The molecule has 0 fully saturated rings. The van der Waals surface area contributed by atoms with E-state index >= 15 is 0 Å². The molecule has 0 heterocycles. The van der Waals surface area contributed by atoms with Crippen molar-refractivity contribution in [1.29, 1.82) is 0 Å². The van der Waals surface area contributed by atoms with Crippen molar-refractivity contribution >= 4 is 65.9 Å². The van der Waals surface area contributed by atoms with Gasteiger partial charge in [0.15, 0.2) is 0 Å². The maximum absolute atomic E-state index is 13.5. The van der Waals surface area contributed by atoms with Crippen LogP contribution in [0.15, 0.2) is 54.6 Å². The van der Waals surface area contributed by atoms with Crippen LogP contribution in [0.25, 0.3) is 0 Å². The highest BCUT2D eigenvalue weighted by Gasteiger charge is 2.34. The van der Waals surface area contributed by atoms with E-state index in [0.29, 0.717) is 17.5 Å². The monoisotopic (exact) mass is 844 g/mol. The fraction of sp³-hybridized carbons (Fsp3) is 0.447. The van der Waals surface area contributed by atoms with Crippen molar-refractivity contribution in [3.63, 3.8) is 0 Å². The van der Waals surface area contributed by atoms with Crippen molar-refractivity contribution < 1.29 is 58.5 Å². The van der Waals surface area contributed by atoms with E-state index in [2.05, 4.69) is 44.5 Å². The number of hydrogen-bond donors (Lipinski definition) is 12. The summed E-state index contributed by atoms with van der Waals surface area (Å²) in [4.78, 5) is 115. The van der Waals surface area contributed by atoms with E-state index in [1.54, 1.807) is 44.2 Å². The number of amides is 7.